The van der Waals surface area contributed by atoms with Gasteiger partial charge in [-0.2, -0.15) is 0 Å². The topological polar surface area (TPSA) is 63.3 Å². The first-order valence-corrected chi connectivity index (χ1v) is 3.14. The number of aliphatic hydroxyl groups excluding tert-OH is 1. The van der Waals surface area contributed by atoms with E-state index in [4.69, 9.17) is 10.8 Å². The van der Waals surface area contributed by atoms with Gasteiger partial charge in [0.25, 0.3) is 0 Å². The second kappa shape index (κ2) is 3.87. The highest BCUT2D eigenvalue weighted by Gasteiger charge is 2.11. The lowest BCUT2D eigenvalue weighted by Gasteiger charge is -2.10. The standard InChI is InChI=1S/C5H11NO2S/c1-3(6)4(7)2-5(8)9/h3-4,7H,2,6H2,1H3,(H,8,9). The molecule has 0 aliphatic heterocycles. The maximum atomic E-state index is 10.2. The molecule has 0 aliphatic rings. The van der Waals surface area contributed by atoms with Gasteiger partial charge >= 0.3 is 0 Å². The van der Waals surface area contributed by atoms with Crippen LogP contribution in [-0.4, -0.2) is 22.4 Å². The van der Waals surface area contributed by atoms with E-state index in [9.17, 15) is 4.79 Å². The van der Waals surface area contributed by atoms with Gasteiger partial charge in [0.2, 0.25) is 0 Å². The summed E-state index contributed by atoms with van der Waals surface area (Å²) in [6, 6.07) is -0.360. The van der Waals surface area contributed by atoms with Crippen LogP contribution in [0.3, 0.4) is 0 Å². The molecule has 3 N–H and O–H groups in total. The van der Waals surface area contributed by atoms with Crippen molar-refractivity contribution in [2.45, 2.75) is 25.5 Å². The summed E-state index contributed by atoms with van der Waals surface area (Å²) in [5.41, 5.74) is 5.25. The highest BCUT2D eigenvalue weighted by Crippen LogP contribution is 1.98. The van der Waals surface area contributed by atoms with E-state index in [2.05, 4.69) is 12.6 Å². The van der Waals surface area contributed by atoms with Crippen molar-refractivity contribution in [1.29, 1.82) is 0 Å². The Morgan fingerprint density at radius 2 is 2.33 bits per heavy atom. The van der Waals surface area contributed by atoms with Gasteiger partial charge in [-0.25, -0.2) is 0 Å². The van der Waals surface area contributed by atoms with Crippen molar-refractivity contribution in [2.75, 3.05) is 0 Å². The quantitative estimate of drug-likeness (QED) is 0.476. The number of hydrogen-bond donors (Lipinski definition) is 3. The number of carbonyl (C=O) groups excluding carboxylic acids is 1. The van der Waals surface area contributed by atoms with Crippen molar-refractivity contribution in [3.8, 4) is 0 Å². The van der Waals surface area contributed by atoms with Gasteiger partial charge in [-0.05, 0) is 6.92 Å². The molecule has 0 radical (unpaired) electrons. The van der Waals surface area contributed by atoms with Crippen molar-refractivity contribution in [3.05, 3.63) is 0 Å². The summed E-state index contributed by atoms with van der Waals surface area (Å²) >= 11 is 3.48. The van der Waals surface area contributed by atoms with Crippen LogP contribution in [0.25, 0.3) is 0 Å². The molecule has 0 fully saturated rings. The van der Waals surface area contributed by atoms with Gasteiger partial charge in [0, 0.05) is 12.5 Å². The lowest BCUT2D eigenvalue weighted by atomic mass is 10.1. The fraction of sp³-hybridized carbons (Fsp3) is 0.800. The average Bonchev–Trinajstić information content (AvgIpc) is 1.63. The van der Waals surface area contributed by atoms with Crippen molar-refractivity contribution >= 4 is 17.7 Å². The molecule has 3 nitrogen and oxygen atoms in total. The van der Waals surface area contributed by atoms with Crippen LogP contribution in [-0.2, 0) is 4.79 Å². The molecule has 2 unspecified atom stereocenters. The van der Waals surface area contributed by atoms with Gasteiger partial charge in [0.1, 0.15) is 0 Å². The summed E-state index contributed by atoms with van der Waals surface area (Å²) in [6.45, 7) is 1.64. The van der Waals surface area contributed by atoms with Crippen LogP contribution in [0.5, 0.6) is 0 Å². The summed E-state index contributed by atoms with van der Waals surface area (Å²) in [4.78, 5) is 10.2. The van der Waals surface area contributed by atoms with Gasteiger partial charge < -0.3 is 10.8 Å². The average molecular weight is 149 g/mol. The molecule has 0 aromatic carbocycles. The lowest BCUT2D eigenvalue weighted by molar-refractivity contribution is -0.112. The van der Waals surface area contributed by atoms with Crippen molar-refractivity contribution in [2.24, 2.45) is 5.73 Å². The Hall–Kier alpha value is -0.0600. The minimum atomic E-state index is -0.755. The molecule has 0 bridgehead atoms. The second-order valence-corrected chi connectivity index (χ2v) is 2.52. The van der Waals surface area contributed by atoms with Crippen LogP contribution in [0.2, 0.25) is 0 Å². The normalized spacial score (nSPS) is 16.9. The third-order valence-electron chi connectivity index (χ3n) is 0.991. The molecule has 0 aromatic rings. The van der Waals surface area contributed by atoms with Crippen LogP contribution < -0.4 is 5.73 Å². The zero-order valence-electron chi connectivity index (χ0n) is 5.24. The van der Waals surface area contributed by atoms with E-state index in [1.54, 1.807) is 6.92 Å². The predicted octanol–water partition coefficient (Wildman–Crippen LogP) is -0.459. The zero-order valence-corrected chi connectivity index (χ0v) is 6.14. The maximum Gasteiger partial charge on any atom is 0.188 e. The van der Waals surface area contributed by atoms with Gasteiger partial charge in [-0.1, -0.05) is 0 Å². The molecule has 0 aromatic heterocycles. The van der Waals surface area contributed by atoms with Gasteiger partial charge in [-0.3, -0.25) is 4.79 Å². The fourth-order valence-corrected chi connectivity index (χ4v) is 0.552. The van der Waals surface area contributed by atoms with E-state index in [1.165, 1.54) is 0 Å². The molecule has 9 heavy (non-hydrogen) atoms. The van der Waals surface area contributed by atoms with E-state index in [0.717, 1.165) is 0 Å². The first-order valence-electron chi connectivity index (χ1n) is 2.69. The molecule has 0 saturated heterocycles. The minimum Gasteiger partial charge on any atom is -0.391 e. The van der Waals surface area contributed by atoms with Crippen molar-refractivity contribution < 1.29 is 9.90 Å². The molecule has 4 heteroatoms. The Morgan fingerprint density at radius 1 is 1.89 bits per heavy atom. The minimum absolute atomic E-state index is 0.0285. The lowest BCUT2D eigenvalue weighted by Crippen LogP contribution is -2.32. The summed E-state index contributed by atoms with van der Waals surface area (Å²) in [6.07, 6.45) is -0.726. The molecule has 0 spiro atoms. The summed E-state index contributed by atoms with van der Waals surface area (Å²) in [5.74, 6) is 0. The van der Waals surface area contributed by atoms with Crippen molar-refractivity contribution in [1.82, 2.24) is 0 Å². The summed E-state index contributed by atoms with van der Waals surface area (Å²) in [5, 5.41) is 8.57. The summed E-state index contributed by atoms with van der Waals surface area (Å²) in [7, 11) is 0. The predicted molar refractivity (Wildman–Crippen MR) is 38.3 cm³/mol. The van der Waals surface area contributed by atoms with E-state index < -0.39 is 6.10 Å². The molecule has 0 saturated carbocycles. The Bertz CT molecular complexity index is 105. The smallest absolute Gasteiger partial charge is 0.188 e. The Kier molecular flexibility index (Phi) is 3.84. The van der Waals surface area contributed by atoms with Gasteiger partial charge in [0.15, 0.2) is 5.12 Å². The van der Waals surface area contributed by atoms with Gasteiger partial charge in [0.05, 0.1) is 6.10 Å². The molecule has 2 atom stereocenters. The molecule has 0 aliphatic carbocycles. The van der Waals surface area contributed by atoms with Gasteiger partial charge in [-0.15, -0.1) is 12.6 Å². The zero-order chi connectivity index (χ0) is 7.44. The van der Waals surface area contributed by atoms with Crippen molar-refractivity contribution in [3.63, 3.8) is 0 Å². The van der Waals surface area contributed by atoms with E-state index >= 15 is 0 Å². The van der Waals surface area contributed by atoms with Crippen LogP contribution in [0.15, 0.2) is 0 Å². The molecular formula is C5H11NO2S. The molecule has 0 heterocycles. The maximum absolute atomic E-state index is 10.2. The van der Waals surface area contributed by atoms with Crippen LogP contribution in [0.4, 0.5) is 0 Å². The number of aliphatic hydroxyl groups is 1. The van der Waals surface area contributed by atoms with Crippen LogP contribution in [0.1, 0.15) is 13.3 Å². The first-order chi connectivity index (χ1) is 4.04. The molecule has 0 rings (SSSR count). The number of thiol groups is 1. The number of rotatable bonds is 3. The Balaban J connectivity index is 3.50. The van der Waals surface area contributed by atoms with Crippen LogP contribution >= 0.6 is 12.6 Å². The summed E-state index contributed by atoms with van der Waals surface area (Å²) < 4.78 is 0. The van der Waals surface area contributed by atoms with Crippen LogP contribution in [0, 0.1) is 0 Å². The number of hydrogen-bond acceptors (Lipinski definition) is 3. The highest BCUT2D eigenvalue weighted by molar-refractivity contribution is 7.96. The van der Waals surface area contributed by atoms with E-state index in [-0.39, 0.29) is 17.6 Å². The third-order valence-corrected chi connectivity index (χ3v) is 1.17. The highest BCUT2D eigenvalue weighted by atomic mass is 32.1. The Labute approximate surface area is 59.6 Å². The number of carbonyl (C=O) groups is 1. The van der Waals surface area contributed by atoms with E-state index in [0.29, 0.717) is 0 Å². The number of nitrogens with two attached hydrogens (primary N) is 1. The first kappa shape index (κ1) is 8.94. The monoisotopic (exact) mass is 149 g/mol. The SMILES string of the molecule is CC(N)C(O)CC(=O)S. The fourth-order valence-electron chi connectivity index (χ4n) is 0.365. The molecule has 0 amide bonds. The largest absolute Gasteiger partial charge is 0.391 e. The second-order valence-electron chi connectivity index (χ2n) is 2.02. The third kappa shape index (κ3) is 4.44. The molecular weight excluding hydrogens is 138 g/mol. The molecule has 54 valence electrons. The Morgan fingerprint density at radius 3 is 2.44 bits per heavy atom. The van der Waals surface area contributed by atoms with E-state index in [1.807, 2.05) is 0 Å².